The van der Waals surface area contributed by atoms with Crippen LogP contribution in [0.1, 0.15) is 11.4 Å². The molecule has 2 rings (SSSR count). The van der Waals surface area contributed by atoms with E-state index >= 15 is 0 Å². The first kappa shape index (κ1) is 9.83. The van der Waals surface area contributed by atoms with Gasteiger partial charge in [-0.05, 0) is 26.0 Å². The molecule has 1 aromatic carbocycles. The van der Waals surface area contributed by atoms with Crippen LogP contribution in [0.25, 0.3) is 11.4 Å². The van der Waals surface area contributed by atoms with E-state index in [1.54, 1.807) is 16.7 Å². The molecule has 0 radical (unpaired) electrons. The Kier molecular flexibility index (Phi) is 2.26. The van der Waals surface area contributed by atoms with Gasteiger partial charge < -0.3 is 4.57 Å². The van der Waals surface area contributed by atoms with Crippen molar-refractivity contribution in [3.63, 3.8) is 0 Å². The van der Waals surface area contributed by atoms with Crippen molar-refractivity contribution in [3.05, 3.63) is 35.4 Å². The molecule has 0 aliphatic rings. The minimum absolute atomic E-state index is 0.267. The van der Waals surface area contributed by atoms with Gasteiger partial charge in [-0.3, -0.25) is 0 Å². The highest BCUT2D eigenvalue weighted by Gasteiger charge is 2.12. The van der Waals surface area contributed by atoms with Crippen LogP contribution < -0.4 is 0 Å². The highest BCUT2D eigenvalue weighted by molar-refractivity contribution is 5.57. The molecule has 3 nitrogen and oxygen atoms in total. The van der Waals surface area contributed by atoms with Crippen LogP contribution in [0.2, 0.25) is 0 Å². The lowest BCUT2D eigenvalue weighted by Crippen LogP contribution is -1.97. The van der Waals surface area contributed by atoms with E-state index in [1.165, 1.54) is 6.07 Å². The number of hydrogen-bond acceptors (Lipinski definition) is 2. The number of aryl methyl sites for hydroxylation is 2. The molecule has 0 spiro atoms. The van der Waals surface area contributed by atoms with Crippen LogP contribution in [-0.4, -0.2) is 14.8 Å². The van der Waals surface area contributed by atoms with Gasteiger partial charge in [0, 0.05) is 7.05 Å². The van der Waals surface area contributed by atoms with Crippen molar-refractivity contribution in [1.29, 1.82) is 0 Å². The first-order valence-electron chi connectivity index (χ1n) is 4.72. The molecule has 0 saturated carbocycles. The van der Waals surface area contributed by atoms with Crippen LogP contribution in [0.4, 0.5) is 4.39 Å². The first-order valence-corrected chi connectivity index (χ1v) is 4.72. The molecular formula is C11H12FN3. The van der Waals surface area contributed by atoms with Crippen LogP contribution in [0.3, 0.4) is 0 Å². The molecule has 0 fully saturated rings. The van der Waals surface area contributed by atoms with Gasteiger partial charge in [0.25, 0.3) is 0 Å². The molecule has 15 heavy (non-hydrogen) atoms. The van der Waals surface area contributed by atoms with Gasteiger partial charge in [0.05, 0.1) is 5.56 Å². The zero-order valence-corrected chi connectivity index (χ0v) is 8.95. The fourth-order valence-corrected chi connectivity index (χ4v) is 1.45. The Balaban J connectivity index is 2.63. The monoisotopic (exact) mass is 205 g/mol. The summed E-state index contributed by atoms with van der Waals surface area (Å²) in [6.07, 6.45) is 0. The Bertz CT molecular complexity index is 503. The predicted octanol–water partition coefficient (Wildman–Crippen LogP) is 2.24. The lowest BCUT2D eigenvalue weighted by atomic mass is 10.1. The number of benzene rings is 1. The fraction of sp³-hybridized carbons (Fsp3) is 0.273. The highest BCUT2D eigenvalue weighted by Crippen LogP contribution is 2.21. The van der Waals surface area contributed by atoms with Crippen molar-refractivity contribution < 1.29 is 4.39 Å². The van der Waals surface area contributed by atoms with Crippen molar-refractivity contribution >= 4 is 0 Å². The van der Waals surface area contributed by atoms with E-state index in [0.29, 0.717) is 11.4 Å². The average molecular weight is 205 g/mol. The van der Waals surface area contributed by atoms with E-state index in [2.05, 4.69) is 10.2 Å². The summed E-state index contributed by atoms with van der Waals surface area (Å²) in [5, 5.41) is 7.87. The third-order valence-corrected chi connectivity index (χ3v) is 2.46. The third kappa shape index (κ3) is 1.63. The van der Waals surface area contributed by atoms with Crippen molar-refractivity contribution in [2.24, 2.45) is 7.05 Å². The molecule has 0 unspecified atom stereocenters. The number of aromatic nitrogens is 3. The van der Waals surface area contributed by atoms with Crippen LogP contribution in [0.15, 0.2) is 18.2 Å². The van der Waals surface area contributed by atoms with Crippen LogP contribution in [0, 0.1) is 19.7 Å². The normalized spacial score (nSPS) is 10.7. The minimum Gasteiger partial charge on any atom is -0.314 e. The molecule has 0 amide bonds. The SMILES string of the molecule is Cc1ccc(F)c(-c2nnc(C)n2C)c1. The topological polar surface area (TPSA) is 30.7 Å². The predicted molar refractivity (Wildman–Crippen MR) is 55.9 cm³/mol. The Morgan fingerprint density at radius 2 is 1.93 bits per heavy atom. The van der Waals surface area contributed by atoms with E-state index in [-0.39, 0.29) is 5.82 Å². The second-order valence-corrected chi connectivity index (χ2v) is 3.61. The molecule has 78 valence electrons. The van der Waals surface area contributed by atoms with Gasteiger partial charge in [-0.25, -0.2) is 4.39 Å². The Morgan fingerprint density at radius 3 is 2.53 bits per heavy atom. The number of rotatable bonds is 1. The van der Waals surface area contributed by atoms with E-state index in [4.69, 9.17) is 0 Å². The Hall–Kier alpha value is -1.71. The summed E-state index contributed by atoms with van der Waals surface area (Å²) in [6, 6.07) is 4.97. The maximum atomic E-state index is 13.6. The summed E-state index contributed by atoms with van der Waals surface area (Å²) in [4.78, 5) is 0. The molecule has 1 heterocycles. The first-order chi connectivity index (χ1) is 7.09. The zero-order chi connectivity index (χ0) is 11.0. The molecule has 2 aromatic rings. The fourth-order valence-electron chi connectivity index (χ4n) is 1.45. The van der Waals surface area contributed by atoms with E-state index in [1.807, 2.05) is 20.9 Å². The van der Waals surface area contributed by atoms with Crippen molar-refractivity contribution in [2.45, 2.75) is 13.8 Å². The summed E-state index contributed by atoms with van der Waals surface area (Å²) in [7, 11) is 1.83. The van der Waals surface area contributed by atoms with Crippen LogP contribution in [-0.2, 0) is 7.05 Å². The molecule has 0 N–H and O–H groups in total. The van der Waals surface area contributed by atoms with E-state index in [9.17, 15) is 4.39 Å². The largest absolute Gasteiger partial charge is 0.314 e. The van der Waals surface area contributed by atoms with Gasteiger partial charge >= 0.3 is 0 Å². The number of nitrogens with zero attached hydrogens (tertiary/aromatic N) is 3. The second kappa shape index (κ2) is 3.46. The summed E-state index contributed by atoms with van der Waals surface area (Å²) in [5.74, 6) is 1.07. The van der Waals surface area contributed by atoms with Crippen LogP contribution >= 0.6 is 0 Å². The zero-order valence-electron chi connectivity index (χ0n) is 8.95. The van der Waals surface area contributed by atoms with Gasteiger partial charge in [-0.15, -0.1) is 10.2 Å². The van der Waals surface area contributed by atoms with E-state index < -0.39 is 0 Å². The molecular weight excluding hydrogens is 193 g/mol. The van der Waals surface area contributed by atoms with E-state index in [0.717, 1.165) is 11.4 Å². The quantitative estimate of drug-likeness (QED) is 0.714. The molecule has 1 aromatic heterocycles. The Morgan fingerprint density at radius 1 is 1.20 bits per heavy atom. The number of halogens is 1. The highest BCUT2D eigenvalue weighted by atomic mass is 19.1. The smallest absolute Gasteiger partial charge is 0.166 e. The van der Waals surface area contributed by atoms with Gasteiger partial charge in [0.15, 0.2) is 5.82 Å². The molecule has 0 aliphatic heterocycles. The Labute approximate surface area is 87.6 Å². The number of hydrogen-bond donors (Lipinski definition) is 0. The summed E-state index contributed by atoms with van der Waals surface area (Å²) >= 11 is 0. The van der Waals surface area contributed by atoms with Gasteiger partial charge in [0.2, 0.25) is 0 Å². The maximum Gasteiger partial charge on any atom is 0.166 e. The minimum atomic E-state index is -0.267. The van der Waals surface area contributed by atoms with Crippen molar-refractivity contribution in [2.75, 3.05) is 0 Å². The molecule has 0 atom stereocenters. The summed E-state index contributed by atoms with van der Waals surface area (Å²) in [6.45, 7) is 3.76. The van der Waals surface area contributed by atoms with Crippen molar-refractivity contribution in [1.82, 2.24) is 14.8 Å². The van der Waals surface area contributed by atoms with Gasteiger partial charge in [0.1, 0.15) is 11.6 Å². The lowest BCUT2D eigenvalue weighted by Gasteiger charge is -2.04. The summed E-state index contributed by atoms with van der Waals surface area (Å²) < 4.78 is 15.3. The molecule has 0 aliphatic carbocycles. The third-order valence-electron chi connectivity index (χ3n) is 2.46. The summed E-state index contributed by atoms with van der Waals surface area (Å²) in [5.41, 5.74) is 1.50. The molecule has 0 saturated heterocycles. The lowest BCUT2D eigenvalue weighted by molar-refractivity contribution is 0.628. The van der Waals surface area contributed by atoms with Crippen LogP contribution in [0.5, 0.6) is 0 Å². The van der Waals surface area contributed by atoms with Crippen molar-refractivity contribution in [3.8, 4) is 11.4 Å². The second-order valence-electron chi connectivity index (χ2n) is 3.61. The molecule has 0 bridgehead atoms. The van der Waals surface area contributed by atoms with Gasteiger partial charge in [-0.1, -0.05) is 11.6 Å². The molecule has 4 heteroatoms. The standard InChI is InChI=1S/C11H12FN3/c1-7-4-5-10(12)9(6-7)11-14-13-8(2)15(11)3/h4-6H,1-3H3. The van der Waals surface area contributed by atoms with Gasteiger partial charge in [-0.2, -0.15) is 0 Å². The maximum absolute atomic E-state index is 13.6. The average Bonchev–Trinajstić information content (AvgIpc) is 2.52.